The van der Waals surface area contributed by atoms with Crippen LogP contribution < -0.4 is 5.32 Å². The van der Waals surface area contributed by atoms with Crippen molar-refractivity contribution in [1.82, 2.24) is 5.32 Å². The van der Waals surface area contributed by atoms with Gasteiger partial charge in [0.2, 0.25) is 5.91 Å². The van der Waals surface area contributed by atoms with Crippen molar-refractivity contribution < 1.29 is 9.53 Å². The number of nitriles is 1. The molecule has 0 unspecified atom stereocenters. The minimum atomic E-state index is -0.746. The van der Waals surface area contributed by atoms with Crippen LogP contribution in [-0.2, 0) is 28.8 Å². The van der Waals surface area contributed by atoms with Gasteiger partial charge in [-0.05, 0) is 42.4 Å². The van der Waals surface area contributed by atoms with Gasteiger partial charge in [0.1, 0.15) is 5.54 Å². The third-order valence-electron chi connectivity index (χ3n) is 4.72. The summed E-state index contributed by atoms with van der Waals surface area (Å²) in [6, 6.07) is 8.64. The monoisotopic (exact) mass is 298 g/mol. The Morgan fingerprint density at radius 1 is 1.23 bits per heavy atom. The lowest BCUT2D eigenvalue weighted by atomic mass is 9.89. The van der Waals surface area contributed by atoms with Crippen molar-refractivity contribution in [3.63, 3.8) is 0 Å². The quantitative estimate of drug-likeness (QED) is 0.931. The molecule has 1 aromatic rings. The van der Waals surface area contributed by atoms with E-state index in [-0.39, 0.29) is 5.91 Å². The highest BCUT2D eigenvalue weighted by molar-refractivity contribution is 5.80. The van der Waals surface area contributed by atoms with Crippen molar-refractivity contribution in [1.29, 1.82) is 5.26 Å². The average molecular weight is 298 g/mol. The fourth-order valence-corrected chi connectivity index (χ4v) is 3.38. The molecule has 0 bridgehead atoms. The van der Waals surface area contributed by atoms with Crippen LogP contribution in [0.1, 0.15) is 42.4 Å². The van der Waals surface area contributed by atoms with Crippen molar-refractivity contribution in [2.75, 3.05) is 13.2 Å². The van der Waals surface area contributed by atoms with E-state index in [0.29, 0.717) is 32.5 Å². The smallest absolute Gasteiger partial charge is 0.225 e. The molecule has 4 nitrogen and oxygen atoms in total. The van der Waals surface area contributed by atoms with Crippen LogP contribution in [0.15, 0.2) is 18.2 Å². The first kappa shape index (κ1) is 15.1. The van der Waals surface area contributed by atoms with Crippen LogP contribution in [0.25, 0.3) is 0 Å². The Morgan fingerprint density at radius 2 is 1.95 bits per heavy atom. The maximum atomic E-state index is 12.3. The molecule has 2 aliphatic rings. The predicted octanol–water partition coefficient (Wildman–Crippen LogP) is 2.30. The fraction of sp³-hybridized carbons (Fsp3) is 0.556. The maximum Gasteiger partial charge on any atom is 0.225 e. The first-order valence-electron chi connectivity index (χ1n) is 8.11. The minimum Gasteiger partial charge on any atom is -0.381 e. The number of hydrogen-bond donors (Lipinski definition) is 1. The lowest BCUT2D eigenvalue weighted by molar-refractivity contribution is -0.122. The van der Waals surface area contributed by atoms with Crippen molar-refractivity contribution in [3.05, 3.63) is 34.9 Å². The SMILES string of the molecule is N#CC1(NC(=O)Cc2ccc3c(c2)CCCC3)CCOCC1. The molecule has 4 heteroatoms. The van der Waals surface area contributed by atoms with E-state index in [1.807, 2.05) is 6.07 Å². The number of carbonyl (C=O) groups excluding carboxylic acids is 1. The predicted molar refractivity (Wildman–Crippen MR) is 83.3 cm³/mol. The second kappa shape index (κ2) is 6.50. The molecule has 1 aliphatic carbocycles. The summed E-state index contributed by atoms with van der Waals surface area (Å²) < 4.78 is 5.29. The zero-order valence-corrected chi connectivity index (χ0v) is 12.9. The van der Waals surface area contributed by atoms with E-state index in [1.165, 1.54) is 24.0 Å². The lowest BCUT2D eigenvalue weighted by Crippen LogP contribution is -2.51. The highest BCUT2D eigenvalue weighted by Gasteiger charge is 2.34. The number of ether oxygens (including phenoxy) is 1. The summed E-state index contributed by atoms with van der Waals surface area (Å²) in [5, 5.41) is 12.3. The number of aryl methyl sites for hydroxylation is 2. The first-order valence-corrected chi connectivity index (χ1v) is 8.11. The third-order valence-corrected chi connectivity index (χ3v) is 4.72. The number of fused-ring (bicyclic) bond motifs is 1. The van der Waals surface area contributed by atoms with Gasteiger partial charge in [-0.2, -0.15) is 5.26 Å². The number of amides is 1. The van der Waals surface area contributed by atoms with Crippen LogP contribution in [0.4, 0.5) is 0 Å². The van der Waals surface area contributed by atoms with Gasteiger partial charge in [-0.15, -0.1) is 0 Å². The summed E-state index contributed by atoms with van der Waals surface area (Å²) >= 11 is 0. The summed E-state index contributed by atoms with van der Waals surface area (Å²) in [4.78, 5) is 12.3. The molecular formula is C18H22N2O2. The molecule has 0 atom stereocenters. The van der Waals surface area contributed by atoms with Crippen LogP contribution in [-0.4, -0.2) is 24.7 Å². The Morgan fingerprint density at radius 3 is 2.68 bits per heavy atom. The van der Waals surface area contributed by atoms with Crippen LogP contribution in [0.3, 0.4) is 0 Å². The van der Waals surface area contributed by atoms with Gasteiger partial charge in [-0.1, -0.05) is 18.2 Å². The number of carbonyl (C=O) groups is 1. The molecule has 1 heterocycles. The third kappa shape index (κ3) is 3.31. The molecule has 0 spiro atoms. The zero-order valence-electron chi connectivity index (χ0n) is 12.9. The molecule has 1 saturated heterocycles. The molecule has 1 N–H and O–H groups in total. The second-order valence-electron chi connectivity index (χ2n) is 6.34. The summed E-state index contributed by atoms with van der Waals surface area (Å²) in [7, 11) is 0. The molecule has 0 aromatic heterocycles. The van der Waals surface area contributed by atoms with Gasteiger partial charge in [-0.25, -0.2) is 0 Å². The molecule has 1 aromatic carbocycles. The molecule has 3 rings (SSSR count). The van der Waals surface area contributed by atoms with E-state index in [9.17, 15) is 10.1 Å². The molecule has 0 radical (unpaired) electrons. The van der Waals surface area contributed by atoms with Crippen molar-refractivity contribution in [3.8, 4) is 6.07 Å². The number of nitrogens with one attached hydrogen (secondary N) is 1. The van der Waals surface area contributed by atoms with E-state index in [2.05, 4.69) is 23.5 Å². The van der Waals surface area contributed by atoms with Gasteiger partial charge in [0.05, 0.1) is 12.5 Å². The normalized spacial score (nSPS) is 19.8. The van der Waals surface area contributed by atoms with Gasteiger partial charge in [0.25, 0.3) is 0 Å². The highest BCUT2D eigenvalue weighted by Crippen LogP contribution is 2.23. The van der Waals surface area contributed by atoms with Crippen molar-refractivity contribution in [2.45, 2.75) is 50.5 Å². The van der Waals surface area contributed by atoms with E-state index in [1.54, 1.807) is 0 Å². The van der Waals surface area contributed by atoms with Crippen LogP contribution in [0.2, 0.25) is 0 Å². The fourth-order valence-electron chi connectivity index (χ4n) is 3.38. The van der Waals surface area contributed by atoms with Crippen molar-refractivity contribution >= 4 is 5.91 Å². The molecule has 1 amide bonds. The van der Waals surface area contributed by atoms with E-state index in [4.69, 9.17) is 4.74 Å². The highest BCUT2D eigenvalue weighted by atomic mass is 16.5. The average Bonchev–Trinajstić information content (AvgIpc) is 2.55. The number of nitrogens with zero attached hydrogens (tertiary/aromatic N) is 1. The van der Waals surface area contributed by atoms with E-state index in [0.717, 1.165) is 18.4 Å². The van der Waals surface area contributed by atoms with E-state index >= 15 is 0 Å². The summed E-state index contributed by atoms with van der Waals surface area (Å²) in [5.74, 6) is -0.0702. The largest absolute Gasteiger partial charge is 0.381 e. The van der Waals surface area contributed by atoms with Gasteiger partial charge in [0.15, 0.2) is 0 Å². The standard InChI is InChI=1S/C18H22N2O2/c19-13-18(7-9-22-10-8-18)20-17(21)12-14-5-6-15-3-1-2-4-16(15)11-14/h5-6,11H,1-4,7-10,12H2,(H,20,21). The van der Waals surface area contributed by atoms with Gasteiger partial charge in [-0.3, -0.25) is 4.79 Å². The molecule has 116 valence electrons. The van der Waals surface area contributed by atoms with Gasteiger partial charge < -0.3 is 10.1 Å². The lowest BCUT2D eigenvalue weighted by Gasteiger charge is -2.31. The molecule has 1 aliphatic heterocycles. The number of rotatable bonds is 3. The van der Waals surface area contributed by atoms with Crippen LogP contribution >= 0.6 is 0 Å². The van der Waals surface area contributed by atoms with E-state index < -0.39 is 5.54 Å². The summed E-state index contributed by atoms with van der Waals surface area (Å²) in [6.07, 6.45) is 6.25. The molecular weight excluding hydrogens is 276 g/mol. The van der Waals surface area contributed by atoms with Crippen LogP contribution in [0.5, 0.6) is 0 Å². The zero-order chi connectivity index (χ0) is 15.4. The number of hydrogen-bond acceptors (Lipinski definition) is 3. The first-order chi connectivity index (χ1) is 10.7. The van der Waals surface area contributed by atoms with Gasteiger partial charge >= 0.3 is 0 Å². The summed E-state index contributed by atoms with van der Waals surface area (Å²) in [5.41, 5.74) is 3.10. The Balaban J connectivity index is 1.65. The Hall–Kier alpha value is -1.86. The maximum absolute atomic E-state index is 12.3. The Bertz CT molecular complexity index is 598. The minimum absolute atomic E-state index is 0.0702. The second-order valence-corrected chi connectivity index (χ2v) is 6.34. The molecule has 0 saturated carbocycles. The molecule has 22 heavy (non-hydrogen) atoms. The topological polar surface area (TPSA) is 62.1 Å². The Labute approximate surface area is 131 Å². The van der Waals surface area contributed by atoms with Crippen molar-refractivity contribution in [2.24, 2.45) is 0 Å². The Kier molecular flexibility index (Phi) is 4.44. The molecule has 1 fully saturated rings. The number of benzene rings is 1. The van der Waals surface area contributed by atoms with Gasteiger partial charge in [0, 0.05) is 26.1 Å². The summed E-state index contributed by atoms with van der Waals surface area (Å²) in [6.45, 7) is 1.07. The van der Waals surface area contributed by atoms with Crippen LogP contribution in [0, 0.1) is 11.3 Å².